The molecule has 1 saturated carbocycles. The first kappa shape index (κ1) is 29.2. The van der Waals surface area contributed by atoms with E-state index in [1.807, 2.05) is 23.7 Å². The predicted molar refractivity (Wildman–Crippen MR) is 147 cm³/mol. The number of nitriles is 1. The molecule has 0 bridgehead atoms. The maximum absolute atomic E-state index is 14.3. The number of carbonyl (C=O) groups is 1. The molecule has 12 heteroatoms. The Morgan fingerprint density at radius 3 is 2.60 bits per heavy atom. The van der Waals surface area contributed by atoms with Crippen LogP contribution in [0.2, 0.25) is 0 Å². The molecule has 1 saturated heterocycles. The molecule has 3 aliphatic rings. The van der Waals surface area contributed by atoms with Gasteiger partial charge in [-0.3, -0.25) is 9.69 Å². The number of hydrogen-bond donors (Lipinski definition) is 0. The molecule has 6 rings (SSSR count). The van der Waals surface area contributed by atoms with Crippen LogP contribution in [-0.2, 0) is 38.1 Å². The number of rotatable bonds is 6. The summed E-state index contributed by atoms with van der Waals surface area (Å²) in [5.74, 6) is -2.69. The van der Waals surface area contributed by atoms with Crippen LogP contribution in [0.3, 0.4) is 0 Å². The molecule has 0 N–H and O–H groups in total. The van der Waals surface area contributed by atoms with Crippen LogP contribution >= 0.6 is 0 Å². The summed E-state index contributed by atoms with van der Waals surface area (Å²) in [4.78, 5) is 16.8. The highest BCUT2D eigenvalue weighted by molar-refractivity contribution is 6.10. The fourth-order valence-electron chi connectivity index (χ4n) is 6.79. The minimum Gasteiger partial charge on any atom is -0.321 e. The molecule has 2 aromatic carbocycles. The molecule has 1 aliphatic carbocycles. The summed E-state index contributed by atoms with van der Waals surface area (Å²) in [7, 11) is 1.84. The summed E-state index contributed by atoms with van der Waals surface area (Å²) in [6.07, 6.45) is -1.71. The van der Waals surface area contributed by atoms with E-state index in [0.29, 0.717) is 31.5 Å². The van der Waals surface area contributed by atoms with Crippen LogP contribution in [0.1, 0.15) is 70.5 Å². The lowest BCUT2D eigenvalue weighted by atomic mass is 9.57. The molecule has 2 aliphatic heterocycles. The molecule has 0 spiro atoms. The Hall–Kier alpha value is -3.85. The molecule has 7 nitrogen and oxygen atoms in total. The van der Waals surface area contributed by atoms with Gasteiger partial charge in [0.15, 0.2) is 0 Å². The molecular weight excluding hydrogens is 567 g/mol. The van der Waals surface area contributed by atoms with Gasteiger partial charge in [0.2, 0.25) is 5.92 Å². The fraction of sp³-hybridized carbons (Fsp3) is 0.484. The van der Waals surface area contributed by atoms with Gasteiger partial charge >= 0.3 is 6.18 Å². The average molecular weight is 599 g/mol. The Labute approximate surface area is 245 Å². The van der Waals surface area contributed by atoms with Gasteiger partial charge in [0.25, 0.3) is 5.91 Å². The summed E-state index contributed by atoms with van der Waals surface area (Å²) in [6.45, 7) is 0.240. The van der Waals surface area contributed by atoms with Gasteiger partial charge in [-0.25, -0.2) is 8.78 Å². The third-order valence-electron chi connectivity index (χ3n) is 9.15. The van der Waals surface area contributed by atoms with Gasteiger partial charge in [-0.2, -0.15) is 18.4 Å². The number of aryl methyl sites for hydroxylation is 1. The normalized spacial score (nSPS) is 23.9. The summed E-state index contributed by atoms with van der Waals surface area (Å²) in [5, 5.41) is 17.7. The Morgan fingerprint density at radius 2 is 1.91 bits per heavy atom. The number of aromatic nitrogens is 3. The lowest BCUT2D eigenvalue weighted by Gasteiger charge is -2.45. The summed E-state index contributed by atoms with van der Waals surface area (Å²) in [6, 6.07) is 12.1. The second kappa shape index (κ2) is 10.7. The minimum atomic E-state index is -4.69. The molecule has 1 aromatic heterocycles. The number of anilines is 1. The SMILES string of the molecule is Cn1cnnc1C[C@]1(c2cccc(N3Cc4c(cc(CN5CCCC(F)(F)CC5)cc4C(F)(F)F)C3=O)c2)C[C@H](C#N)C1. The number of alkyl halides is 5. The highest BCUT2D eigenvalue weighted by Crippen LogP contribution is 2.50. The number of nitrogens with zero attached hydrogens (tertiary/aromatic N) is 6. The van der Waals surface area contributed by atoms with Crippen molar-refractivity contribution in [2.75, 3.05) is 18.0 Å². The number of carbonyl (C=O) groups excluding carboxylic acids is 1. The molecule has 2 fully saturated rings. The predicted octanol–water partition coefficient (Wildman–Crippen LogP) is 6.03. The van der Waals surface area contributed by atoms with Crippen molar-refractivity contribution in [3.8, 4) is 6.07 Å². The van der Waals surface area contributed by atoms with E-state index in [4.69, 9.17) is 0 Å². The summed E-state index contributed by atoms with van der Waals surface area (Å²) < 4.78 is 72.4. The maximum Gasteiger partial charge on any atom is 0.416 e. The average Bonchev–Trinajstić information content (AvgIpc) is 3.44. The molecule has 3 aromatic rings. The van der Waals surface area contributed by atoms with E-state index in [2.05, 4.69) is 16.3 Å². The number of hydrogen-bond acceptors (Lipinski definition) is 5. The molecule has 1 amide bonds. The van der Waals surface area contributed by atoms with E-state index in [-0.39, 0.29) is 61.5 Å². The van der Waals surface area contributed by atoms with Crippen molar-refractivity contribution < 1.29 is 26.7 Å². The first-order chi connectivity index (χ1) is 20.4. The Kier molecular flexibility index (Phi) is 7.27. The summed E-state index contributed by atoms with van der Waals surface area (Å²) >= 11 is 0. The van der Waals surface area contributed by atoms with E-state index >= 15 is 0 Å². The van der Waals surface area contributed by atoms with Crippen LogP contribution in [-0.4, -0.2) is 44.6 Å². The second-order valence-electron chi connectivity index (χ2n) is 12.1. The molecule has 0 radical (unpaired) electrons. The van der Waals surface area contributed by atoms with Crippen molar-refractivity contribution in [1.82, 2.24) is 19.7 Å². The Morgan fingerprint density at radius 1 is 1.12 bits per heavy atom. The zero-order valence-electron chi connectivity index (χ0n) is 23.7. The minimum absolute atomic E-state index is 0.0163. The van der Waals surface area contributed by atoms with Gasteiger partial charge < -0.3 is 9.47 Å². The largest absolute Gasteiger partial charge is 0.416 e. The second-order valence-corrected chi connectivity index (χ2v) is 12.1. The standard InChI is InChI=1S/C31H31F5N6O/c1-40-19-38-39-27(40)15-29(13-21(14-29)16-37)22-4-2-5-23(12-22)42-18-25-24(28(42)43)10-20(11-26(25)31(34,35)36)17-41-8-3-6-30(32,33)7-9-41/h2,4-5,10-12,19,21H,3,6-9,13-15,17-18H2,1H3/t21-,29-. The molecule has 0 atom stereocenters. The van der Waals surface area contributed by atoms with Crippen LogP contribution in [0.25, 0.3) is 0 Å². The first-order valence-corrected chi connectivity index (χ1v) is 14.4. The van der Waals surface area contributed by atoms with E-state index < -0.39 is 29.0 Å². The zero-order valence-corrected chi connectivity index (χ0v) is 23.7. The van der Waals surface area contributed by atoms with Gasteiger partial charge in [-0.05, 0) is 66.8 Å². The Bertz CT molecular complexity index is 1590. The zero-order chi connectivity index (χ0) is 30.6. The summed E-state index contributed by atoms with van der Waals surface area (Å²) in [5.41, 5.74) is 0.245. The Balaban J connectivity index is 1.30. The van der Waals surface area contributed by atoms with E-state index in [0.717, 1.165) is 17.5 Å². The van der Waals surface area contributed by atoms with E-state index in [1.54, 1.807) is 23.4 Å². The molecule has 0 unspecified atom stereocenters. The van der Waals surface area contributed by atoms with Gasteiger partial charge in [-0.15, -0.1) is 10.2 Å². The van der Waals surface area contributed by atoms with Crippen LogP contribution in [0.5, 0.6) is 0 Å². The van der Waals surface area contributed by atoms with Gasteiger partial charge in [-0.1, -0.05) is 12.1 Å². The van der Waals surface area contributed by atoms with Crippen LogP contribution in [0.15, 0.2) is 42.7 Å². The lowest BCUT2D eigenvalue weighted by molar-refractivity contribution is -0.138. The monoisotopic (exact) mass is 598 g/mol. The van der Waals surface area contributed by atoms with Crippen molar-refractivity contribution in [2.45, 2.75) is 69.1 Å². The number of fused-ring (bicyclic) bond motifs is 1. The molecule has 226 valence electrons. The van der Waals surface area contributed by atoms with Crippen molar-refractivity contribution in [2.24, 2.45) is 13.0 Å². The topological polar surface area (TPSA) is 78.1 Å². The third kappa shape index (κ3) is 5.62. The highest BCUT2D eigenvalue weighted by Gasteiger charge is 2.47. The van der Waals surface area contributed by atoms with Gasteiger partial charge in [0.1, 0.15) is 12.2 Å². The first-order valence-electron chi connectivity index (χ1n) is 14.4. The van der Waals surface area contributed by atoms with Crippen molar-refractivity contribution >= 4 is 11.6 Å². The number of benzene rings is 2. The van der Waals surface area contributed by atoms with E-state index in [9.17, 15) is 32.0 Å². The van der Waals surface area contributed by atoms with Crippen LogP contribution < -0.4 is 4.90 Å². The lowest BCUT2D eigenvalue weighted by Crippen LogP contribution is -2.43. The number of amides is 1. The number of likely N-dealkylation sites (tertiary alicyclic amines) is 1. The molecule has 43 heavy (non-hydrogen) atoms. The molecular formula is C31H31F5N6O. The van der Waals surface area contributed by atoms with Crippen molar-refractivity contribution in [3.05, 3.63) is 76.4 Å². The van der Waals surface area contributed by atoms with Gasteiger partial charge in [0.05, 0.1) is 18.2 Å². The maximum atomic E-state index is 14.3. The van der Waals surface area contributed by atoms with Crippen molar-refractivity contribution in [3.63, 3.8) is 0 Å². The van der Waals surface area contributed by atoms with Gasteiger partial charge in [0, 0.05) is 62.0 Å². The highest BCUT2D eigenvalue weighted by atomic mass is 19.4. The number of halogens is 5. The van der Waals surface area contributed by atoms with Crippen LogP contribution in [0.4, 0.5) is 27.6 Å². The fourth-order valence-corrected chi connectivity index (χ4v) is 6.79. The van der Waals surface area contributed by atoms with Crippen LogP contribution in [0, 0.1) is 17.2 Å². The van der Waals surface area contributed by atoms with E-state index in [1.165, 1.54) is 11.0 Å². The third-order valence-corrected chi connectivity index (χ3v) is 9.15. The molecule has 3 heterocycles. The quantitative estimate of drug-likeness (QED) is 0.324. The van der Waals surface area contributed by atoms with Crippen molar-refractivity contribution in [1.29, 1.82) is 5.26 Å². The smallest absolute Gasteiger partial charge is 0.321 e.